The highest BCUT2D eigenvalue weighted by atomic mass is 35.5. The first-order chi connectivity index (χ1) is 11.5. The molecular weight excluding hydrogens is 367 g/mol. The van der Waals surface area contributed by atoms with Gasteiger partial charge in [-0.3, -0.25) is 9.79 Å². The van der Waals surface area contributed by atoms with Crippen LogP contribution in [-0.4, -0.2) is 33.2 Å². The van der Waals surface area contributed by atoms with Crippen LogP contribution in [0.15, 0.2) is 23.2 Å². The number of aromatic nitrogens is 2. The van der Waals surface area contributed by atoms with Crippen LogP contribution >= 0.6 is 35.0 Å². The number of carbonyl (C=O) groups excluding carboxylic acids is 1. The van der Waals surface area contributed by atoms with E-state index in [1.54, 1.807) is 28.6 Å². The predicted molar refractivity (Wildman–Crippen MR) is 99.7 cm³/mol. The fraction of sp³-hybridized carbons (Fsp3) is 0.312. The third kappa shape index (κ3) is 3.61. The highest BCUT2D eigenvalue weighted by Crippen LogP contribution is 2.26. The first kappa shape index (κ1) is 17.3. The highest BCUT2D eigenvalue weighted by molar-refractivity contribution is 8.14. The van der Waals surface area contributed by atoms with E-state index in [4.69, 9.17) is 23.2 Å². The van der Waals surface area contributed by atoms with Crippen molar-refractivity contribution in [1.82, 2.24) is 15.1 Å². The standard InChI is InChI=1S/C16H16Cl2N4OS/c1-9-12(8-15(23)20-16-19-5-6-24-16)10(2)22(21-9)11-3-4-13(17)14(18)7-11/h3-4,7H,5-6,8H2,1-2H3,(H,19,20,23). The summed E-state index contributed by atoms with van der Waals surface area (Å²) in [5, 5.41) is 9.05. The number of hydrogen-bond donors (Lipinski definition) is 1. The van der Waals surface area contributed by atoms with Crippen LogP contribution in [0.4, 0.5) is 0 Å². The van der Waals surface area contributed by atoms with Crippen molar-refractivity contribution in [2.24, 2.45) is 4.99 Å². The molecule has 8 heteroatoms. The number of amidine groups is 1. The van der Waals surface area contributed by atoms with Gasteiger partial charge in [0, 0.05) is 17.0 Å². The Morgan fingerprint density at radius 1 is 1.33 bits per heavy atom. The third-order valence-corrected chi connectivity index (χ3v) is 5.39. The van der Waals surface area contributed by atoms with Crippen LogP contribution in [0, 0.1) is 13.8 Å². The van der Waals surface area contributed by atoms with Gasteiger partial charge in [-0.05, 0) is 32.0 Å². The topological polar surface area (TPSA) is 59.3 Å². The Balaban J connectivity index is 1.83. The second-order valence-corrected chi connectivity index (χ2v) is 7.32. The molecular formula is C16H16Cl2N4OS. The molecule has 2 heterocycles. The van der Waals surface area contributed by atoms with E-state index in [0.29, 0.717) is 15.2 Å². The molecule has 0 saturated heterocycles. The summed E-state index contributed by atoms with van der Waals surface area (Å²) in [6.45, 7) is 4.59. The summed E-state index contributed by atoms with van der Waals surface area (Å²) >= 11 is 13.6. The molecule has 0 aliphatic carbocycles. The van der Waals surface area contributed by atoms with E-state index >= 15 is 0 Å². The molecule has 0 fully saturated rings. The lowest BCUT2D eigenvalue weighted by atomic mass is 10.1. The van der Waals surface area contributed by atoms with Crippen LogP contribution in [0.5, 0.6) is 0 Å². The Morgan fingerprint density at radius 2 is 2.12 bits per heavy atom. The van der Waals surface area contributed by atoms with Gasteiger partial charge >= 0.3 is 0 Å². The van der Waals surface area contributed by atoms with Gasteiger partial charge < -0.3 is 5.32 Å². The van der Waals surface area contributed by atoms with Gasteiger partial charge in [-0.1, -0.05) is 35.0 Å². The van der Waals surface area contributed by atoms with Crippen molar-refractivity contribution < 1.29 is 4.79 Å². The number of amides is 1. The lowest BCUT2D eigenvalue weighted by Gasteiger charge is -2.07. The number of aryl methyl sites for hydroxylation is 1. The zero-order chi connectivity index (χ0) is 17.3. The molecule has 1 aliphatic heterocycles. The molecule has 1 aromatic carbocycles. The number of thioether (sulfide) groups is 1. The molecule has 3 rings (SSSR count). The number of carbonyl (C=O) groups is 1. The number of benzene rings is 1. The number of rotatable bonds is 3. The second kappa shape index (κ2) is 7.17. The summed E-state index contributed by atoms with van der Waals surface area (Å²) in [7, 11) is 0. The van der Waals surface area contributed by atoms with Crippen molar-refractivity contribution in [3.8, 4) is 5.69 Å². The smallest absolute Gasteiger partial charge is 0.230 e. The summed E-state index contributed by atoms with van der Waals surface area (Å²) in [5.74, 6) is 0.839. The van der Waals surface area contributed by atoms with Crippen LogP contribution in [0.3, 0.4) is 0 Å². The average molecular weight is 383 g/mol. The Labute approximate surface area is 154 Å². The minimum Gasteiger partial charge on any atom is -0.305 e. The largest absolute Gasteiger partial charge is 0.305 e. The SMILES string of the molecule is Cc1nn(-c2ccc(Cl)c(Cl)c2)c(C)c1CC(=O)NC1=NCCS1. The van der Waals surface area contributed by atoms with E-state index in [1.165, 1.54) is 0 Å². The molecule has 1 aliphatic rings. The molecule has 24 heavy (non-hydrogen) atoms. The van der Waals surface area contributed by atoms with E-state index in [1.807, 2.05) is 19.9 Å². The van der Waals surface area contributed by atoms with Crippen molar-refractivity contribution in [2.75, 3.05) is 12.3 Å². The minimum absolute atomic E-state index is 0.0805. The van der Waals surface area contributed by atoms with Crippen LogP contribution in [0.2, 0.25) is 10.0 Å². The van der Waals surface area contributed by atoms with Gasteiger partial charge in [0.05, 0.1) is 34.4 Å². The molecule has 0 bridgehead atoms. The van der Waals surface area contributed by atoms with Gasteiger partial charge in [0.2, 0.25) is 5.91 Å². The van der Waals surface area contributed by atoms with Crippen molar-refractivity contribution in [3.05, 3.63) is 45.2 Å². The average Bonchev–Trinajstić information content (AvgIpc) is 3.13. The van der Waals surface area contributed by atoms with Crippen molar-refractivity contribution in [1.29, 1.82) is 0 Å². The molecule has 0 spiro atoms. The molecule has 5 nitrogen and oxygen atoms in total. The van der Waals surface area contributed by atoms with Crippen molar-refractivity contribution in [3.63, 3.8) is 0 Å². The zero-order valence-electron chi connectivity index (χ0n) is 13.3. The van der Waals surface area contributed by atoms with Gasteiger partial charge in [-0.15, -0.1) is 0 Å². The maximum Gasteiger partial charge on any atom is 0.230 e. The van der Waals surface area contributed by atoms with Crippen LogP contribution in [0.25, 0.3) is 5.69 Å². The summed E-state index contributed by atoms with van der Waals surface area (Å²) in [5.41, 5.74) is 3.44. The predicted octanol–water partition coefficient (Wildman–Crippen LogP) is 3.56. The number of halogens is 2. The molecule has 126 valence electrons. The first-order valence-electron chi connectivity index (χ1n) is 7.43. The van der Waals surface area contributed by atoms with Gasteiger partial charge in [0.1, 0.15) is 0 Å². The summed E-state index contributed by atoms with van der Waals surface area (Å²) in [6.07, 6.45) is 0.262. The maximum atomic E-state index is 12.2. The number of nitrogens with zero attached hydrogens (tertiary/aromatic N) is 3. The molecule has 1 aromatic heterocycles. The monoisotopic (exact) mass is 382 g/mol. The number of nitrogens with one attached hydrogen (secondary N) is 1. The summed E-state index contributed by atoms with van der Waals surface area (Å²) in [4.78, 5) is 16.5. The first-order valence-corrected chi connectivity index (χ1v) is 9.17. The molecule has 1 N–H and O–H groups in total. The van der Waals surface area contributed by atoms with Crippen LogP contribution < -0.4 is 5.32 Å². The molecule has 0 radical (unpaired) electrons. The number of hydrogen-bond acceptors (Lipinski definition) is 4. The maximum absolute atomic E-state index is 12.2. The lowest BCUT2D eigenvalue weighted by molar-refractivity contribution is -0.119. The van der Waals surface area contributed by atoms with Crippen LogP contribution in [0.1, 0.15) is 17.0 Å². The zero-order valence-corrected chi connectivity index (χ0v) is 15.6. The molecule has 0 unspecified atom stereocenters. The van der Waals surface area contributed by atoms with Gasteiger partial charge in [-0.25, -0.2) is 4.68 Å². The van der Waals surface area contributed by atoms with Crippen LogP contribution in [-0.2, 0) is 11.2 Å². The summed E-state index contributed by atoms with van der Waals surface area (Å²) in [6, 6.07) is 5.34. The van der Waals surface area contributed by atoms with Gasteiger partial charge in [-0.2, -0.15) is 5.10 Å². The molecule has 0 saturated carbocycles. The normalized spacial score (nSPS) is 13.9. The van der Waals surface area contributed by atoms with E-state index in [9.17, 15) is 4.79 Å². The fourth-order valence-electron chi connectivity index (χ4n) is 2.53. The second-order valence-electron chi connectivity index (χ2n) is 5.42. The Bertz CT molecular complexity index is 832. The van der Waals surface area contributed by atoms with E-state index in [0.717, 1.165) is 34.9 Å². The van der Waals surface area contributed by atoms with E-state index in [-0.39, 0.29) is 12.3 Å². The molecule has 1 amide bonds. The van der Waals surface area contributed by atoms with Crippen molar-refractivity contribution in [2.45, 2.75) is 20.3 Å². The summed E-state index contributed by atoms with van der Waals surface area (Å²) < 4.78 is 1.78. The van der Waals surface area contributed by atoms with Crippen molar-refractivity contribution >= 4 is 46.0 Å². The lowest BCUT2D eigenvalue weighted by Crippen LogP contribution is -2.29. The third-order valence-electron chi connectivity index (χ3n) is 3.76. The highest BCUT2D eigenvalue weighted by Gasteiger charge is 2.18. The Kier molecular flexibility index (Phi) is 5.18. The van der Waals surface area contributed by atoms with Gasteiger partial charge in [0.15, 0.2) is 5.17 Å². The minimum atomic E-state index is -0.0805. The van der Waals surface area contributed by atoms with E-state index < -0.39 is 0 Å². The Morgan fingerprint density at radius 3 is 2.79 bits per heavy atom. The molecule has 0 atom stereocenters. The molecule has 2 aromatic rings. The van der Waals surface area contributed by atoms with E-state index in [2.05, 4.69) is 15.4 Å². The fourth-order valence-corrected chi connectivity index (χ4v) is 3.57. The Hall–Kier alpha value is -1.50. The number of aliphatic imine (C=N–C) groups is 1. The quantitative estimate of drug-likeness (QED) is 0.882. The van der Waals surface area contributed by atoms with Gasteiger partial charge in [0.25, 0.3) is 0 Å².